The van der Waals surface area contributed by atoms with E-state index in [9.17, 15) is 30.0 Å². The number of sulfone groups is 1. The predicted molar refractivity (Wildman–Crippen MR) is 56.0 cm³/mol. The second-order valence-electron chi connectivity index (χ2n) is 3.98. The largest absolute Gasteiger partial charge is 0.415 e. The molecule has 2 N–H and O–H groups in total. The molecule has 1 aliphatic rings. The van der Waals surface area contributed by atoms with E-state index in [1.54, 1.807) is 4.72 Å². The molecule has 0 amide bonds. The van der Waals surface area contributed by atoms with E-state index < -0.39 is 49.7 Å². The minimum Gasteiger partial charge on any atom is -0.382 e. The van der Waals surface area contributed by atoms with Crippen molar-refractivity contribution in [2.45, 2.75) is 24.0 Å². The van der Waals surface area contributed by atoms with E-state index in [4.69, 9.17) is 5.11 Å². The lowest BCUT2D eigenvalue weighted by Crippen LogP contribution is -2.44. The van der Waals surface area contributed by atoms with Crippen molar-refractivity contribution in [3.05, 3.63) is 0 Å². The van der Waals surface area contributed by atoms with Gasteiger partial charge in [0.25, 0.3) is 0 Å². The first-order chi connectivity index (χ1) is 7.94. The van der Waals surface area contributed by atoms with Crippen molar-refractivity contribution in [1.29, 1.82) is 0 Å². The van der Waals surface area contributed by atoms with Crippen LogP contribution in [0, 0.1) is 0 Å². The number of rotatable bonds is 4. The first kappa shape index (κ1) is 15.7. The third kappa shape index (κ3) is 4.07. The Morgan fingerprint density at radius 1 is 1.39 bits per heavy atom. The van der Waals surface area contributed by atoms with Crippen LogP contribution in [0.5, 0.6) is 0 Å². The van der Waals surface area contributed by atoms with Gasteiger partial charge in [-0.3, -0.25) is 0 Å². The molecule has 1 fully saturated rings. The van der Waals surface area contributed by atoms with Gasteiger partial charge in [0.2, 0.25) is 10.0 Å². The van der Waals surface area contributed by atoms with Crippen LogP contribution in [0.25, 0.3) is 0 Å². The first-order valence-corrected chi connectivity index (χ1v) is 8.24. The fourth-order valence-electron chi connectivity index (χ4n) is 1.43. The zero-order valence-corrected chi connectivity index (χ0v) is 10.6. The number of hydrogen-bond donors (Lipinski definition) is 2. The van der Waals surface area contributed by atoms with Gasteiger partial charge in [0.05, 0.1) is 16.8 Å². The lowest BCUT2D eigenvalue weighted by molar-refractivity contribution is -0.200. The number of halogens is 3. The van der Waals surface area contributed by atoms with E-state index in [-0.39, 0.29) is 12.2 Å². The van der Waals surface area contributed by atoms with Gasteiger partial charge in [-0.2, -0.15) is 13.2 Å². The third-order valence-corrected chi connectivity index (χ3v) is 6.31. The van der Waals surface area contributed by atoms with Crippen molar-refractivity contribution in [1.82, 2.24) is 4.72 Å². The monoisotopic (exact) mass is 311 g/mol. The zero-order chi connectivity index (χ0) is 14.2. The SMILES string of the molecule is O=S1(=O)CCC(S(=O)(=O)NCC(O)C(F)(F)F)C1. The maximum Gasteiger partial charge on any atom is 0.415 e. The number of sulfonamides is 1. The minimum atomic E-state index is -4.93. The molecule has 0 radical (unpaired) electrons. The molecule has 0 aromatic heterocycles. The van der Waals surface area contributed by atoms with Gasteiger partial charge >= 0.3 is 6.18 Å². The molecule has 0 bridgehead atoms. The van der Waals surface area contributed by atoms with Gasteiger partial charge < -0.3 is 5.11 Å². The second kappa shape index (κ2) is 4.94. The van der Waals surface area contributed by atoms with Crippen LogP contribution >= 0.6 is 0 Å². The first-order valence-electron chi connectivity index (χ1n) is 4.88. The molecule has 0 aromatic carbocycles. The topological polar surface area (TPSA) is 101 Å². The number of nitrogens with one attached hydrogen (secondary N) is 1. The molecule has 1 saturated heterocycles. The number of hydrogen-bond acceptors (Lipinski definition) is 5. The average molecular weight is 311 g/mol. The van der Waals surface area contributed by atoms with Gasteiger partial charge in [-0.05, 0) is 6.42 Å². The summed E-state index contributed by atoms with van der Waals surface area (Å²) >= 11 is 0. The van der Waals surface area contributed by atoms with E-state index in [0.29, 0.717) is 0 Å². The van der Waals surface area contributed by atoms with Crippen LogP contribution in [0.4, 0.5) is 13.2 Å². The number of aliphatic hydroxyl groups excluding tert-OH is 1. The normalized spacial score (nSPS) is 26.1. The smallest absolute Gasteiger partial charge is 0.382 e. The van der Waals surface area contributed by atoms with Crippen LogP contribution in [-0.2, 0) is 19.9 Å². The van der Waals surface area contributed by atoms with Crippen LogP contribution in [-0.4, -0.2) is 57.5 Å². The van der Waals surface area contributed by atoms with Gasteiger partial charge in [-0.1, -0.05) is 0 Å². The van der Waals surface area contributed by atoms with Gasteiger partial charge in [-0.15, -0.1) is 0 Å². The fourth-order valence-corrected chi connectivity index (χ4v) is 5.52. The van der Waals surface area contributed by atoms with Crippen molar-refractivity contribution in [2.75, 3.05) is 18.1 Å². The van der Waals surface area contributed by atoms with Crippen LogP contribution in [0.3, 0.4) is 0 Å². The summed E-state index contributed by atoms with van der Waals surface area (Å²) in [5.74, 6) is -0.912. The average Bonchev–Trinajstić information content (AvgIpc) is 2.54. The summed E-state index contributed by atoms with van der Waals surface area (Å²) in [7, 11) is -7.63. The predicted octanol–water partition coefficient (Wildman–Crippen LogP) is -0.984. The Kier molecular flexibility index (Phi) is 4.30. The second-order valence-corrected chi connectivity index (χ2v) is 8.25. The molecule has 1 aliphatic heterocycles. The molecule has 108 valence electrons. The Balaban J connectivity index is 2.62. The zero-order valence-electron chi connectivity index (χ0n) is 9.01. The van der Waals surface area contributed by atoms with Crippen molar-refractivity contribution in [3.8, 4) is 0 Å². The summed E-state index contributed by atoms with van der Waals surface area (Å²) in [6, 6.07) is 0. The lowest BCUT2D eigenvalue weighted by atomic mass is 10.4. The number of aliphatic hydroxyl groups is 1. The summed E-state index contributed by atoms with van der Waals surface area (Å²) in [4.78, 5) is 0. The van der Waals surface area contributed by atoms with Crippen LogP contribution < -0.4 is 4.72 Å². The Hall–Kier alpha value is -0.390. The van der Waals surface area contributed by atoms with Crippen LogP contribution in [0.15, 0.2) is 0 Å². The van der Waals surface area contributed by atoms with Crippen molar-refractivity contribution in [2.24, 2.45) is 0 Å². The summed E-state index contributed by atoms with van der Waals surface area (Å²) in [5.41, 5.74) is 0. The van der Waals surface area contributed by atoms with Gasteiger partial charge in [0, 0.05) is 6.54 Å². The highest BCUT2D eigenvalue weighted by Gasteiger charge is 2.41. The molecule has 6 nitrogen and oxygen atoms in total. The molecule has 11 heteroatoms. The quantitative estimate of drug-likeness (QED) is 0.695. The minimum absolute atomic E-state index is 0.153. The maximum absolute atomic E-state index is 11.9. The van der Waals surface area contributed by atoms with E-state index in [2.05, 4.69) is 0 Å². The van der Waals surface area contributed by atoms with E-state index >= 15 is 0 Å². The highest BCUT2D eigenvalue weighted by Crippen LogP contribution is 2.21. The lowest BCUT2D eigenvalue weighted by Gasteiger charge is -2.17. The third-order valence-electron chi connectivity index (χ3n) is 2.49. The van der Waals surface area contributed by atoms with Crippen molar-refractivity contribution < 1.29 is 35.1 Å². The molecular formula is C7H12F3NO5S2. The summed E-state index contributed by atoms with van der Waals surface area (Å²) in [5, 5.41) is 7.36. The molecule has 2 atom stereocenters. The summed E-state index contributed by atoms with van der Waals surface area (Å²) in [6.45, 7) is -1.22. The van der Waals surface area contributed by atoms with Gasteiger partial charge in [-0.25, -0.2) is 21.6 Å². The highest BCUT2D eigenvalue weighted by atomic mass is 32.2. The molecule has 0 spiro atoms. The summed E-state index contributed by atoms with van der Waals surface area (Å²) < 4.78 is 82.5. The Morgan fingerprint density at radius 2 is 1.94 bits per heavy atom. The van der Waals surface area contributed by atoms with Crippen molar-refractivity contribution >= 4 is 19.9 Å². The van der Waals surface area contributed by atoms with Crippen LogP contribution in [0.1, 0.15) is 6.42 Å². The molecule has 18 heavy (non-hydrogen) atoms. The maximum atomic E-state index is 11.9. The fraction of sp³-hybridized carbons (Fsp3) is 1.00. The molecule has 1 heterocycles. The molecule has 2 unspecified atom stereocenters. The Bertz CT molecular complexity index is 498. The van der Waals surface area contributed by atoms with E-state index in [0.717, 1.165) is 0 Å². The van der Waals surface area contributed by atoms with E-state index in [1.807, 2.05) is 0 Å². The van der Waals surface area contributed by atoms with Crippen molar-refractivity contribution in [3.63, 3.8) is 0 Å². The van der Waals surface area contributed by atoms with Gasteiger partial charge in [0.1, 0.15) is 0 Å². The molecule has 0 aliphatic carbocycles. The Morgan fingerprint density at radius 3 is 2.33 bits per heavy atom. The summed E-state index contributed by atoms with van der Waals surface area (Å²) in [6.07, 6.45) is -7.89. The van der Waals surface area contributed by atoms with E-state index in [1.165, 1.54) is 0 Å². The molecule has 1 rings (SSSR count). The van der Waals surface area contributed by atoms with Crippen LogP contribution in [0.2, 0.25) is 0 Å². The standard InChI is InChI=1S/C7H12F3NO5S2/c8-7(9,10)6(12)3-11-18(15,16)5-1-2-17(13,14)4-5/h5-6,11-12H,1-4H2. The van der Waals surface area contributed by atoms with Gasteiger partial charge in [0.15, 0.2) is 15.9 Å². The Labute approximate surface area is 102 Å². The highest BCUT2D eigenvalue weighted by molar-refractivity contribution is 7.95. The molecule has 0 aromatic rings. The number of alkyl halides is 3. The molecular weight excluding hydrogens is 299 g/mol. The molecule has 0 saturated carbocycles.